The van der Waals surface area contributed by atoms with Gasteiger partial charge in [0.25, 0.3) is 0 Å². The molecule has 4 nitrogen and oxygen atoms in total. The molecular formula is C14H13ClF4N4. The Morgan fingerprint density at radius 1 is 1.13 bits per heavy atom. The Balaban J connectivity index is 2.42. The number of nitrogens with one attached hydrogen (secondary N) is 2. The minimum atomic E-state index is -4.65. The van der Waals surface area contributed by atoms with Crippen LogP contribution in [0.4, 0.5) is 35.0 Å². The van der Waals surface area contributed by atoms with Gasteiger partial charge >= 0.3 is 6.18 Å². The molecule has 0 spiro atoms. The lowest BCUT2D eigenvalue weighted by molar-refractivity contribution is -0.141. The van der Waals surface area contributed by atoms with Crippen molar-refractivity contribution in [3.05, 3.63) is 40.8 Å². The van der Waals surface area contributed by atoms with Crippen molar-refractivity contribution in [2.24, 2.45) is 0 Å². The SMILES string of the molecule is CC(C)Nc1nc(Nc2cc(Cl)ccc2F)cc(C(F)(F)F)n1. The zero-order valence-electron chi connectivity index (χ0n) is 12.2. The topological polar surface area (TPSA) is 49.8 Å². The van der Waals surface area contributed by atoms with E-state index in [0.717, 1.165) is 6.07 Å². The first-order valence-electron chi connectivity index (χ1n) is 6.60. The Hall–Kier alpha value is -2.09. The third kappa shape index (κ3) is 4.69. The summed E-state index contributed by atoms with van der Waals surface area (Å²) in [4.78, 5) is 7.33. The van der Waals surface area contributed by atoms with Crippen LogP contribution in [0.3, 0.4) is 0 Å². The highest BCUT2D eigenvalue weighted by molar-refractivity contribution is 6.30. The Morgan fingerprint density at radius 2 is 1.83 bits per heavy atom. The number of benzene rings is 1. The van der Waals surface area contributed by atoms with E-state index in [1.165, 1.54) is 12.1 Å². The number of halogens is 5. The van der Waals surface area contributed by atoms with Crippen molar-refractivity contribution in [2.75, 3.05) is 10.6 Å². The normalized spacial score (nSPS) is 11.7. The third-order valence-electron chi connectivity index (χ3n) is 2.63. The van der Waals surface area contributed by atoms with Gasteiger partial charge in [-0.15, -0.1) is 0 Å². The average Bonchev–Trinajstić information content (AvgIpc) is 2.41. The van der Waals surface area contributed by atoms with Crippen molar-refractivity contribution in [1.29, 1.82) is 0 Å². The van der Waals surface area contributed by atoms with Gasteiger partial charge in [0.05, 0.1) is 5.69 Å². The standard InChI is InChI=1S/C14H13ClF4N4/c1-7(2)20-13-22-11(14(17,18)19)6-12(23-13)21-10-5-8(15)3-4-9(10)16/h3-7H,1-2H3,(H2,20,21,22,23). The van der Waals surface area contributed by atoms with Crippen molar-refractivity contribution >= 4 is 29.1 Å². The lowest BCUT2D eigenvalue weighted by Crippen LogP contribution is -2.17. The molecule has 1 aromatic carbocycles. The van der Waals surface area contributed by atoms with E-state index in [1.807, 2.05) is 0 Å². The van der Waals surface area contributed by atoms with Gasteiger partial charge in [0, 0.05) is 17.1 Å². The van der Waals surface area contributed by atoms with Gasteiger partial charge in [-0.05, 0) is 32.0 Å². The van der Waals surface area contributed by atoms with Crippen molar-refractivity contribution in [1.82, 2.24) is 9.97 Å². The summed E-state index contributed by atoms with van der Waals surface area (Å²) in [6.45, 7) is 3.46. The molecule has 1 heterocycles. The Bertz CT molecular complexity index is 704. The quantitative estimate of drug-likeness (QED) is 0.775. The number of alkyl halides is 3. The number of aromatic nitrogens is 2. The predicted octanol–water partition coefficient (Wildman–Crippen LogP) is 4.85. The Labute approximate surface area is 134 Å². The number of nitrogens with zero attached hydrogens (tertiary/aromatic N) is 2. The highest BCUT2D eigenvalue weighted by Gasteiger charge is 2.34. The second kappa shape index (κ2) is 6.57. The second-order valence-corrected chi connectivity index (χ2v) is 5.44. The molecule has 0 unspecified atom stereocenters. The van der Waals surface area contributed by atoms with E-state index in [-0.39, 0.29) is 28.5 Å². The maximum Gasteiger partial charge on any atom is 0.433 e. The number of rotatable bonds is 4. The zero-order valence-corrected chi connectivity index (χ0v) is 12.9. The summed E-state index contributed by atoms with van der Waals surface area (Å²) in [6.07, 6.45) is -4.65. The maximum absolute atomic E-state index is 13.7. The number of hydrogen-bond donors (Lipinski definition) is 2. The molecule has 0 atom stereocenters. The molecular weight excluding hydrogens is 336 g/mol. The van der Waals surface area contributed by atoms with E-state index in [4.69, 9.17) is 11.6 Å². The molecule has 124 valence electrons. The first-order chi connectivity index (χ1) is 10.6. The molecule has 0 saturated heterocycles. The largest absolute Gasteiger partial charge is 0.433 e. The zero-order chi connectivity index (χ0) is 17.2. The van der Waals surface area contributed by atoms with Crippen LogP contribution in [0.5, 0.6) is 0 Å². The minimum Gasteiger partial charge on any atom is -0.352 e. The summed E-state index contributed by atoms with van der Waals surface area (Å²) in [5.41, 5.74) is -1.22. The maximum atomic E-state index is 13.7. The van der Waals surface area contributed by atoms with Crippen molar-refractivity contribution in [2.45, 2.75) is 26.1 Å². The Kier molecular flexibility index (Phi) is 4.93. The molecule has 0 aliphatic rings. The van der Waals surface area contributed by atoms with Crippen LogP contribution < -0.4 is 10.6 Å². The van der Waals surface area contributed by atoms with Crippen molar-refractivity contribution in [3.8, 4) is 0 Å². The first-order valence-corrected chi connectivity index (χ1v) is 6.98. The molecule has 2 aromatic rings. The predicted molar refractivity (Wildman–Crippen MR) is 80.5 cm³/mol. The molecule has 0 saturated carbocycles. The molecule has 9 heteroatoms. The van der Waals surface area contributed by atoms with Crippen LogP contribution in [-0.2, 0) is 6.18 Å². The van der Waals surface area contributed by atoms with E-state index >= 15 is 0 Å². The fourth-order valence-electron chi connectivity index (χ4n) is 1.71. The summed E-state index contributed by atoms with van der Waals surface area (Å²) in [5.74, 6) is -1.07. The summed E-state index contributed by atoms with van der Waals surface area (Å²) in [7, 11) is 0. The highest BCUT2D eigenvalue weighted by atomic mass is 35.5. The lowest BCUT2D eigenvalue weighted by Gasteiger charge is -2.14. The summed E-state index contributed by atoms with van der Waals surface area (Å²) < 4.78 is 52.5. The van der Waals surface area contributed by atoms with Gasteiger partial charge in [-0.25, -0.2) is 9.37 Å². The molecule has 0 bridgehead atoms. The summed E-state index contributed by atoms with van der Waals surface area (Å²) in [6, 6.07) is 4.21. The van der Waals surface area contributed by atoms with E-state index in [1.54, 1.807) is 13.8 Å². The second-order valence-electron chi connectivity index (χ2n) is 5.01. The van der Waals surface area contributed by atoms with Crippen LogP contribution >= 0.6 is 11.6 Å². The fourth-order valence-corrected chi connectivity index (χ4v) is 1.88. The van der Waals surface area contributed by atoms with Gasteiger partial charge in [0.2, 0.25) is 5.95 Å². The molecule has 0 amide bonds. The molecule has 2 rings (SSSR count). The minimum absolute atomic E-state index is 0.0835. The van der Waals surface area contributed by atoms with Crippen LogP contribution in [0.1, 0.15) is 19.5 Å². The van der Waals surface area contributed by atoms with Gasteiger partial charge in [-0.2, -0.15) is 18.2 Å². The van der Waals surface area contributed by atoms with E-state index in [2.05, 4.69) is 20.6 Å². The molecule has 2 N–H and O–H groups in total. The fraction of sp³-hybridized carbons (Fsp3) is 0.286. The van der Waals surface area contributed by atoms with Gasteiger partial charge in [-0.3, -0.25) is 0 Å². The molecule has 0 aliphatic carbocycles. The molecule has 23 heavy (non-hydrogen) atoms. The van der Waals surface area contributed by atoms with Gasteiger partial charge < -0.3 is 10.6 Å². The van der Waals surface area contributed by atoms with Gasteiger partial charge in [0.1, 0.15) is 11.6 Å². The number of anilines is 3. The van der Waals surface area contributed by atoms with E-state index in [9.17, 15) is 17.6 Å². The molecule has 0 aliphatic heterocycles. The van der Waals surface area contributed by atoms with Crippen LogP contribution in [0.25, 0.3) is 0 Å². The summed E-state index contributed by atoms with van der Waals surface area (Å²) >= 11 is 5.76. The third-order valence-corrected chi connectivity index (χ3v) is 2.86. The molecule has 0 fully saturated rings. The van der Waals surface area contributed by atoms with Gasteiger partial charge in [0.15, 0.2) is 5.69 Å². The van der Waals surface area contributed by atoms with Crippen LogP contribution in [0, 0.1) is 5.82 Å². The van der Waals surface area contributed by atoms with Crippen molar-refractivity contribution < 1.29 is 17.6 Å². The first kappa shape index (κ1) is 17.3. The van der Waals surface area contributed by atoms with E-state index in [0.29, 0.717) is 6.07 Å². The van der Waals surface area contributed by atoms with Crippen LogP contribution in [0.2, 0.25) is 5.02 Å². The summed E-state index contributed by atoms with van der Waals surface area (Å²) in [5, 5.41) is 5.41. The average molecular weight is 349 g/mol. The van der Waals surface area contributed by atoms with Crippen LogP contribution in [-0.4, -0.2) is 16.0 Å². The van der Waals surface area contributed by atoms with Crippen LogP contribution in [0.15, 0.2) is 24.3 Å². The van der Waals surface area contributed by atoms with E-state index < -0.39 is 17.7 Å². The smallest absolute Gasteiger partial charge is 0.352 e. The monoisotopic (exact) mass is 348 g/mol. The van der Waals surface area contributed by atoms with Gasteiger partial charge in [-0.1, -0.05) is 11.6 Å². The lowest BCUT2D eigenvalue weighted by atomic mass is 10.3. The number of hydrogen-bond acceptors (Lipinski definition) is 4. The highest BCUT2D eigenvalue weighted by Crippen LogP contribution is 2.31. The van der Waals surface area contributed by atoms with Crippen molar-refractivity contribution in [3.63, 3.8) is 0 Å². The Morgan fingerprint density at radius 3 is 2.43 bits per heavy atom. The molecule has 0 radical (unpaired) electrons. The molecule has 1 aromatic heterocycles.